The van der Waals surface area contributed by atoms with Gasteiger partial charge in [0.1, 0.15) is 0 Å². The molecule has 3 aromatic carbocycles. The molecule has 1 saturated heterocycles. The third-order valence-corrected chi connectivity index (χ3v) is 8.14. The fourth-order valence-corrected chi connectivity index (χ4v) is 5.60. The number of likely N-dealkylation sites (N-methyl/N-ethyl adjacent to an activating group) is 1. The summed E-state index contributed by atoms with van der Waals surface area (Å²) in [5.74, 6) is -0.313. The maximum absolute atomic E-state index is 13.1. The van der Waals surface area contributed by atoms with E-state index < -0.39 is 0 Å². The minimum absolute atomic E-state index is 0.0153. The Kier molecular flexibility index (Phi) is 8.33. The van der Waals surface area contributed by atoms with Crippen LogP contribution in [0.4, 0.5) is 0 Å². The van der Waals surface area contributed by atoms with Gasteiger partial charge in [0.05, 0.1) is 29.7 Å². The molecule has 0 aliphatic carbocycles. The lowest BCUT2D eigenvalue weighted by Crippen LogP contribution is -2.47. The molecule has 0 spiro atoms. The second-order valence-electron chi connectivity index (χ2n) is 11.5. The van der Waals surface area contributed by atoms with Gasteiger partial charge in [0, 0.05) is 46.4 Å². The number of carbonyl (C=O) groups is 2. The Balaban J connectivity index is 1.55. The average molecular weight is 663 g/mol. The lowest BCUT2D eigenvalue weighted by molar-refractivity contribution is 0.0600. The van der Waals surface area contributed by atoms with Gasteiger partial charge in [-0.2, -0.15) is 5.10 Å². The number of halogens is 1. The molecule has 2 heterocycles. The predicted octanol–water partition coefficient (Wildman–Crippen LogP) is 6.28. The number of benzene rings is 3. The number of esters is 1. The van der Waals surface area contributed by atoms with Gasteiger partial charge >= 0.3 is 5.97 Å². The van der Waals surface area contributed by atoms with Crippen LogP contribution >= 0.6 is 22.6 Å². The third kappa shape index (κ3) is 6.38. The molecule has 212 valence electrons. The summed E-state index contributed by atoms with van der Waals surface area (Å²) >= 11 is 2.37. The molecule has 0 radical (unpaired) electrons. The first kappa shape index (κ1) is 29.0. The van der Waals surface area contributed by atoms with Crippen molar-refractivity contribution in [1.82, 2.24) is 19.6 Å². The lowest BCUT2D eigenvalue weighted by Gasteiger charge is -2.32. The van der Waals surface area contributed by atoms with Gasteiger partial charge in [0.25, 0.3) is 5.91 Å². The summed E-state index contributed by atoms with van der Waals surface area (Å²) in [4.78, 5) is 29.3. The lowest BCUT2D eigenvalue weighted by atomic mass is 9.86. The molecule has 0 atom stereocenters. The Labute approximate surface area is 255 Å². The van der Waals surface area contributed by atoms with E-state index in [1.165, 1.54) is 12.7 Å². The number of nitrogens with zero attached hydrogens (tertiary/aromatic N) is 4. The van der Waals surface area contributed by atoms with Crippen molar-refractivity contribution >= 4 is 34.5 Å². The van der Waals surface area contributed by atoms with E-state index in [2.05, 4.69) is 79.6 Å². The Bertz CT molecular complexity index is 1560. The van der Waals surface area contributed by atoms with Crippen LogP contribution in [-0.4, -0.2) is 71.8 Å². The molecule has 1 amide bonds. The number of rotatable bonds is 5. The van der Waals surface area contributed by atoms with E-state index in [1.807, 2.05) is 46.0 Å². The van der Waals surface area contributed by atoms with Gasteiger partial charge in [-0.05, 0) is 101 Å². The molecule has 0 saturated carbocycles. The van der Waals surface area contributed by atoms with Crippen LogP contribution in [0.2, 0.25) is 0 Å². The molecule has 41 heavy (non-hydrogen) atoms. The molecule has 0 unspecified atom stereocenters. The number of ether oxygens (including phenoxy) is 1. The van der Waals surface area contributed by atoms with E-state index in [0.29, 0.717) is 11.1 Å². The molecule has 1 aromatic heterocycles. The topological polar surface area (TPSA) is 67.7 Å². The molecule has 4 aromatic rings. The first-order valence-electron chi connectivity index (χ1n) is 13.7. The number of aromatic nitrogens is 2. The summed E-state index contributed by atoms with van der Waals surface area (Å²) in [5, 5.41) is 5.01. The van der Waals surface area contributed by atoms with E-state index >= 15 is 0 Å². The van der Waals surface area contributed by atoms with Gasteiger partial charge < -0.3 is 14.5 Å². The normalized spacial score (nSPS) is 14.2. The van der Waals surface area contributed by atoms with Gasteiger partial charge in [0.15, 0.2) is 0 Å². The molecule has 8 heteroatoms. The summed E-state index contributed by atoms with van der Waals surface area (Å²) in [6.07, 6.45) is 0. The monoisotopic (exact) mass is 662 g/mol. The van der Waals surface area contributed by atoms with Gasteiger partial charge in [-0.1, -0.05) is 32.9 Å². The van der Waals surface area contributed by atoms with Crippen LogP contribution in [0.1, 0.15) is 47.1 Å². The van der Waals surface area contributed by atoms with Crippen LogP contribution in [0.5, 0.6) is 0 Å². The van der Waals surface area contributed by atoms with Crippen molar-refractivity contribution in [2.75, 3.05) is 40.3 Å². The van der Waals surface area contributed by atoms with Gasteiger partial charge in [-0.15, -0.1) is 0 Å². The number of piperazine rings is 1. The SMILES string of the molecule is COC(=O)c1ccc(-c2cc(-c3cc(I)cc(C(C)(C)C)c3)n(-c3ccc(C(=O)N4CCN(C)CC4)cc3)n2)cc1. The summed E-state index contributed by atoms with van der Waals surface area (Å²) in [6, 6.07) is 23.7. The van der Waals surface area contributed by atoms with Crippen molar-refractivity contribution in [2.24, 2.45) is 0 Å². The van der Waals surface area contributed by atoms with Crippen molar-refractivity contribution in [2.45, 2.75) is 26.2 Å². The van der Waals surface area contributed by atoms with Crippen LogP contribution in [0, 0.1) is 3.57 Å². The van der Waals surface area contributed by atoms with Crippen molar-refractivity contribution in [1.29, 1.82) is 0 Å². The second kappa shape index (κ2) is 11.8. The van der Waals surface area contributed by atoms with Crippen LogP contribution in [0.25, 0.3) is 28.2 Å². The zero-order chi connectivity index (χ0) is 29.3. The summed E-state index contributed by atoms with van der Waals surface area (Å²) in [5.41, 5.74) is 6.93. The Morgan fingerprint density at radius 2 is 1.46 bits per heavy atom. The maximum atomic E-state index is 13.1. The molecule has 1 aliphatic rings. The Morgan fingerprint density at radius 3 is 2.07 bits per heavy atom. The zero-order valence-corrected chi connectivity index (χ0v) is 26.3. The molecule has 1 aliphatic heterocycles. The van der Waals surface area contributed by atoms with Crippen LogP contribution in [0.3, 0.4) is 0 Å². The largest absolute Gasteiger partial charge is 0.465 e. The number of carbonyl (C=O) groups excluding carboxylic acids is 2. The highest BCUT2D eigenvalue weighted by Crippen LogP contribution is 2.34. The fourth-order valence-electron chi connectivity index (χ4n) is 4.93. The Hall–Kier alpha value is -3.50. The average Bonchev–Trinajstić information content (AvgIpc) is 3.42. The summed E-state index contributed by atoms with van der Waals surface area (Å²) < 4.78 is 7.94. The smallest absolute Gasteiger partial charge is 0.337 e. The summed E-state index contributed by atoms with van der Waals surface area (Å²) in [6.45, 7) is 9.88. The van der Waals surface area contributed by atoms with Crippen LogP contribution < -0.4 is 0 Å². The minimum Gasteiger partial charge on any atom is -0.465 e. The molecular weight excluding hydrogens is 627 g/mol. The fraction of sp³-hybridized carbons (Fsp3) is 0.303. The number of methoxy groups -OCH3 is 1. The van der Waals surface area contributed by atoms with Gasteiger partial charge in [-0.25, -0.2) is 9.48 Å². The van der Waals surface area contributed by atoms with Crippen molar-refractivity contribution in [3.8, 4) is 28.2 Å². The van der Waals surface area contributed by atoms with Gasteiger partial charge in [0.2, 0.25) is 0 Å². The zero-order valence-electron chi connectivity index (χ0n) is 24.1. The number of amides is 1. The molecule has 0 N–H and O–H groups in total. The van der Waals surface area contributed by atoms with E-state index in [0.717, 1.165) is 58.0 Å². The third-order valence-electron chi connectivity index (χ3n) is 7.52. The summed E-state index contributed by atoms with van der Waals surface area (Å²) in [7, 11) is 3.46. The van der Waals surface area contributed by atoms with Crippen molar-refractivity contribution < 1.29 is 14.3 Å². The minimum atomic E-state index is -0.373. The Morgan fingerprint density at radius 1 is 0.829 bits per heavy atom. The highest BCUT2D eigenvalue weighted by molar-refractivity contribution is 14.1. The quantitative estimate of drug-likeness (QED) is 0.186. The number of hydrogen-bond donors (Lipinski definition) is 0. The van der Waals surface area contributed by atoms with Crippen molar-refractivity contribution in [3.05, 3.63) is 93.1 Å². The standard InChI is InChI=1S/C33H35IN4O3/c1-33(2,3)26-18-25(19-27(34)20-26)30-21-29(22-6-8-24(9-7-22)32(40)41-5)35-38(30)28-12-10-23(11-13-28)31(39)37-16-14-36(4)15-17-37/h6-13,18-21H,14-17H2,1-5H3. The van der Waals surface area contributed by atoms with E-state index in [9.17, 15) is 9.59 Å². The highest BCUT2D eigenvalue weighted by Gasteiger charge is 2.22. The van der Waals surface area contributed by atoms with Gasteiger partial charge in [-0.3, -0.25) is 4.79 Å². The van der Waals surface area contributed by atoms with Crippen molar-refractivity contribution in [3.63, 3.8) is 0 Å². The van der Waals surface area contributed by atoms with E-state index in [-0.39, 0.29) is 17.3 Å². The predicted molar refractivity (Wildman–Crippen MR) is 171 cm³/mol. The van der Waals surface area contributed by atoms with Crippen LogP contribution in [0.15, 0.2) is 72.8 Å². The molecular formula is C33H35IN4O3. The first-order chi connectivity index (χ1) is 19.5. The highest BCUT2D eigenvalue weighted by atomic mass is 127. The van der Waals surface area contributed by atoms with E-state index in [1.54, 1.807) is 12.1 Å². The van der Waals surface area contributed by atoms with E-state index in [4.69, 9.17) is 9.84 Å². The van der Waals surface area contributed by atoms with Crippen LogP contribution in [-0.2, 0) is 10.2 Å². The molecule has 1 fully saturated rings. The maximum Gasteiger partial charge on any atom is 0.337 e. The molecule has 7 nitrogen and oxygen atoms in total. The number of hydrogen-bond acceptors (Lipinski definition) is 5. The molecule has 0 bridgehead atoms. The second-order valence-corrected chi connectivity index (χ2v) is 12.8. The molecule has 5 rings (SSSR count). The first-order valence-corrected chi connectivity index (χ1v) is 14.8.